The zero-order valence-electron chi connectivity index (χ0n) is 9.55. The van der Waals surface area contributed by atoms with E-state index < -0.39 is 10.0 Å². The zero-order chi connectivity index (χ0) is 11.8. The zero-order valence-corrected chi connectivity index (χ0v) is 10.4. The van der Waals surface area contributed by atoms with Gasteiger partial charge in [-0.2, -0.15) is 4.31 Å². The molecule has 16 heavy (non-hydrogen) atoms. The Balaban J connectivity index is 2.21. The number of hydrogen-bond acceptors (Lipinski definition) is 3. The van der Waals surface area contributed by atoms with Crippen LogP contribution in [0.2, 0.25) is 0 Å². The van der Waals surface area contributed by atoms with Gasteiger partial charge in [0, 0.05) is 38.6 Å². The Bertz CT molecular complexity index is 466. The molecular weight excluding hydrogens is 226 g/mol. The molecule has 1 fully saturated rings. The van der Waals surface area contributed by atoms with Gasteiger partial charge in [0.15, 0.2) is 0 Å². The number of rotatable bonds is 3. The SMILES string of the molecule is CNC1CCN(S(=O)(=O)c2ccn(C)c2)C1. The van der Waals surface area contributed by atoms with Crippen LogP contribution in [0.4, 0.5) is 0 Å². The molecule has 0 bridgehead atoms. The van der Waals surface area contributed by atoms with Gasteiger partial charge in [0.1, 0.15) is 0 Å². The minimum atomic E-state index is -3.29. The molecule has 1 unspecified atom stereocenters. The molecule has 0 aromatic carbocycles. The predicted octanol–water partition coefficient (Wildman–Crippen LogP) is 0.00750. The van der Waals surface area contributed by atoms with E-state index in [-0.39, 0.29) is 6.04 Å². The number of nitrogens with one attached hydrogen (secondary N) is 1. The fourth-order valence-corrected chi connectivity index (χ4v) is 3.51. The maximum absolute atomic E-state index is 12.2. The first kappa shape index (κ1) is 11.6. The maximum Gasteiger partial charge on any atom is 0.244 e. The van der Waals surface area contributed by atoms with Crippen LogP contribution in [0.1, 0.15) is 6.42 Å². The molecule has 2 rings (SSSR count). The second-order valence-corrected chi connectivity index (χ2v) is 6.09. The molecule has 1 N–H and O–H groups in total. The van der Waals surface area contributed by atoms with Crippen molar-refractivity contribution >= 4 is 10.0 Å². The molecule has 0 aliphatic carbocycles. The monoisotopic (exact) mass is 243 g/mol. The van der Waals surface area contributed by atoms with E-state index >= 15 is 0 Å². The molecule has 0 spiro atoms. The lowest BCUT2D eigenvalue weighted by Gasteiger charge is -2.15. The van der Waals surface area contributed by atoms with Crippen molar-refractivity contribution in [3.8, 4) is 0 Å². The van der Waals surface area contributed by atoms with Crippen molar-refractivity contribution in [2.45, 2.75) is 17.4 Å². The fraction of sp³-hybridized carbons (Fsp3) is 0.600. The van der Waals surface area contributed by atoms with Gasteiger partial charge in [0.25, 0.3) is 0 Å². The van der Waals surface area contributed by atoms with E-state index in [4.69, 9.17) is 0 Å². The van der Waals surface area contributed by atoms with E-state index in [1.807, 2.05) is 14.1 Å². The minimum Gasteiger partial charge on any atom is -0.356 e. The van der Waals surface area contributed by atoms with Gasteiger partial charge in [0.05, 0.1) is 4.90 Å². The highest BCUT2D eigenvalue weighted by Crippen LogP contribution is 2.20. The molecule has 1 aromatic rings. The van der Waals surface area contributed by atoms with Crippen molar-refractivity contribution in [2.75, 3.05) is 20.1 Å². The summed E-state index contributed by atoms with van der Waals surface area (Å²) in [5.74, 6) is 0. The summed E-state index contributed by atoms with van der Waals surface area (Å²) in [4.78, 5) is 0.381. The molecule has 1 aliphatic rings. The van der Waals surface area contributed by atoms with Crippen molar-refractivity contribution in [1.29, 1.82) is 0 Å². The summed E-state index contributed by atoms with van der Waals surface area (Å²) in [6.45, 7) is 1.16. The number of aryl methyl sites for hydroxylation is 1. The van der Waals surface area contributed by atoms with Crippen molar-refractivity contribution in [3.63, 3.8) is 0 Å². The van der Waals surface area contributed by atoms with Crippen LogP contribution < -0.4 is 5.32 Å². The first-order valence-electron chi connectivity index (χ1n) is 5.33. The number of sulfonamides is 1. The van der Waals surface area contributed by atoms with Gasteiger partial charge in [-0.15, -0.1) is 0 Å². The van der Waals surface area contributed by atoms with Gasteiger partial charge in [-0.25, -0.2) is 8.42 Å². The van der Waals surface area contributed by atoms with Gasteiger partial charge >= 0.3 is 0 Å². The second-order valence-electron chi connectivity index (χ2n) is 4.15. The van der Waals surface area contributed by atoms with Crippen LogP contribution in [0.15, 0.2) is 23.4 Å². The second kappa shape index (κ2) is 4.20. The largest absolute Gasteiger partial charge is 0.356 e. The molecule has 6 heteroatoms. The summed E-state index contributed by atoms with van der Waals surface area (Å²) in [5, 5.41) is 3.11. The van der Waals surface area contributed by atoms with Gasteiger partial charge in [-0.3, -0.25) is 0 Å². The van der Waals surface area contributed by atoms with Crippen LogP contribution in [0.5, 0.6) is 0 Å². The van der Waals surface area contributed by atoms with Crippen molar-refractivity contribution in [3.05, 3.63) is 18.5 Å². The van der Waals surface area contributed by atoms with E-state index in [0.29, 0.717) is 18.0 Å². The standard InChI is InChI=1S/C10H17N3O2S/c1-11-9-3-6-13(7-9)16(14,15)10-4-5-12(2)8-10/h4-5,8-9,11H,3,6-7H2,1-2H3. The fourth-order valence-electron chi connectivity index (χ4n) is 1.96. The summed E-state index contributed by atoms with van der Waals surface area (Å²) < 4.78 is 27.7. The van der Waals surface area contributed by atoms with Gasteiger partial charge in [-0.05, 0) is 19.5 Å². The Morgan fingerprint density at radius 3 is 2.75 bits per heavy atom. The molecule has 1 atom stereocenters. The Hall–Kier alpha value is -0.850. The summed E-state index contributed by atoms with van der Waals surface area (Å²) in [6.07, 6.45) is 4.27. The van der Waals surface area contributed by atoms with Gasteiger partial charge in [0.2, 0.25) is 10.0 Å². The Kier molecular flexibility index (Phi) is 3.05. The molecule has 90 valence electrons. The molecule has 2 heterocycles. The summed E-state index contributed by atoms with van der Waals surface area (Å²) in [6, 6.07) is 1.92. The lowest BCUT2D eigenvalue weighted by molar-refractivity contribution is 0.464. The average molecular weight is 243 g/mol. The third-order valence-electron chi connectivity index (χ3n) is 3.00. The predicted molar refractivity (Wildman–Crippen MR) is 61.6 cm³/mol. The van der Waals surface area contributed by atoms with Crippen LogP contribution in [0, 0.1) is 0 Å². The Labute approximate surface area is 96.1 Å². The average Bonchev–Trinajstić information content (AvgIpc) is 2.85. The van der Waals surface area contributed by atoms with Crippen LogP contribution in [0.3, 0.4) is 0 Å². The smallest absolute Gasteiger partial charge is 0.244 e. The number of hydrogen-bond donors (Lipinski definition) is 1. The van der Waals surface area contributed by atoms with Crippen molar-refractivity contribution in [2.24, 2.45) is 7.05 Å². The van der Waals surface area contributed by atoms with Crippen LogP contribution in [-0.2, 0) is 17.1 Å². The van der Waals surface area contributed by atoms with E-state index in [0.717, 1.165) is 6.42 Å². The topological polar surface area (TPSA) is 54.3 Å². The third kappa shape index (κ3) is 2.00. The van der Waals surface area contributed by atoms with Crippen molar-refractivity contribution < 1.29 is 8.42 Å². The maximum atomic E-state index is 12.2. The normalized spacial score (nSPS) is 22.8. The molecule has 1 saturated heterocycles. The van der Waals surface area contributed by atoms with E-state index in [1.54, 1.807) is 27.3 Å². The molecular formula is C10H17N3O2S. The Morgan fingerprint density at radius 2 is 2.25 bits per heavy atom. The third-order valence-corrected chi connectivity index (χ3v) is 4.85. The van der Waals surface area contributed by atoms with Crippen molar-refractivity contribution in [1.82, 2.24) is 14.2 Å². The molecule has 0 amide bonds. The highest BCUT2D eigenvalue weighted by molar-refractivity contribution is 7.89. The summed E-state index contributed by atoms with van der Waals surface area (Å²) in [7, 11) is 0.395. The Morgan fingerprint density at radius 1 is 1.50 bits per heavy atom. The number of nitrogens with zero attached hydrogens (tertiary/aromatic N) is 2. The number of likely N-dealkylation sites (N-methyl/N-ethyl adjacent to an activating group) is 1. The van der Waals surface area contributed by atoms with E-state index in [9.17, 15) is 8.42 Å². The molecule has 1 aromatic heterocycles. The summed E-state index contributed by atoms with van der Waals surface area (Å²) >= 11 is 0. The quantitative estimate of drug-likeness (QED) is 0.813. The van der Waals surface area contributed by atoms with Crippen LogP contribution in [-0.4, -0.2) is 43.5 Å². The molecule has 0 radical (unpaired) electrons. The minimum absolute atomic E-state index is 0.276. The molecule has 1 aliphatic heterocycles. The first-order valence-corrected chi connectivity index (χ1v) is 6.77. The molecule has 0 saturated carbocycles. The molecule has 5 nitrogen and oxygen atoms in total. The highest BCUT2D eigenvalue weighted by atomic mass is 32.2. The van der Waals surface area contributed by atoms with Gasteiger partial charge in [-0.1, -0.05) is 0 Å². The lowest BCUT2D eigenvalue weighted by Crippen LogP contribution is -2.33. The van der Waals surface area contributed by atoms with Gasteiger partial charge < -0.3 is 9.88 Å². The summed E-state index contributed by atoms with van der Waals surface area (Å²) in [5.41, 5.74) is 0. The van der Waals surface area contributed by atoms with E-state index in [2.05, 4.69) is 5.32 Å². The first-order chi connectivity index (χ1) is 7.54. The highest BCUT2D eigenvalue weighted by Gasteiger charge is 2.32. The van der Waals surface area contributed by atoms with Crippen LogP contribution in [0.25, 0.3) is 0 Å². The number of aromatic nitrogens is 1. The van der Waals surface area contributed by atoms with Crippen LogP contribution >= 0.6 is 0 Å². The van der Waals surface area contributed by atoms with E-state index in [1.165, 1.54) is 0 Å². The lowest BCUT2D eigenvalue weighted by atomic mass is 10.3.